The van der Waals surface area contributed by atoms with Crippen LogP contribution < -0.4 is 11.1 Å². The number of pyridine rings is 1. The number of nitrogens with zero attached hydrogens (tertiary/aromatic N) is 3. The molecule has 1 amide bonds. The first kappa shape index (κ1) is 25.6. The molecule has 9 heteroatoms. The molecule has 3 atom stereocenters. The summed E-state index contributed by atoms with van der Waals surface area (Å²) >= 11 is 0. The molecule has 0 aliphatic carbocycles. The maximum Gasteiger partial charge on any atom is 0.249 e. The number of halogens is 2. The molecule has 0 saturated heterocycles. The molecule has 2 aromatic heterocycles. The molecule has 3 N–H and O–H groups in total. The van der Waals surface area contributed by atoms with Crippen LogP contribution in [0.2, 0.25) is 0 Å². The van der Waals surface area contributed by atoms with E-state index in [0.717, 1.165) is 11.1 Å². The molecule has 7 nitrogen and oxygen atoms in total. The molecule has 0 aliphatic rings. The van der Waals surface area contributed by atoms with Crippen LogP contribution in [0.1, 0.15) is 44.3 Å². The van der Waals surface area contributed by atoms with Crippen LogP contribution in [0.5, 0.6) is 0 Å². The molecule has 3 unspecified atom stereocenters. The van der Waals surface area contributed by atoms with E-state index in [1.807, 2.05) is 51.1 Å². The lowest BCUT2D eigenvalue weighted by Crippen LogP contribution is -2.39. The van der Waals surface area contributed by atoms with Crippen molar-refractivity contribution in [1.29, 1.82) is 0 Å². The van der Waals surface area contributed by atoms with Crippen LogP contribution >= 0.6 is 24.8 Å². The minimum Gasteiger partial charge on any atom is -0.344 e. The van der Waals surface area contributed by atoms with Gasteiger partial charge < -0.3 is 15.6 Å². The fraction of sp³-hybridized carbons (Fsp3) is 0.333. The summed E-state index contributed by atoms with van der Waals surface area (Å²) in [5.41, 5.74) is 8.02. The van der Waals surface area contributed by atoms with Gasteiger partial charge in [0.15, 0.2) is 0 Å². The summed E-state index contributed by atoms with van der Waals surface area (Å²) in [7, 11) is 0. The first-order chi connectivity index (χ1) is 13.5. The predicted molar refractivity (Wildman–Crippen MR) is 120 cm³/mol. The number of nitrogens with two attached hydrogens (primary N) is 1. The van der Waals surface area contributed by atoms with E-state index >= 15 is 0 Å². The molecule has 0 radical (unpaired) electrons. The van der Waals surface area contributed by atoms with Crippen molar-refractivity contribution in [3.8, 4) is 11.4 Å². The average molecular weight is 452 g/mol. The summed E-state index contributed by atoms with van der Waals surface area (Å²) in [5.74, 6) is 0.335. The number of hydrogen-bond donors (Lipinski definition) is 2. The van der Waals surface area contributed by atoms with Gasteiger partial charge in [-0.3, -0.25) is 9.78 Å². The highest BCUT2D eigenvalue weighted by Crippen LogP contribution is 2.25. The number of benzene rings is 1. The van der Waals surface area contributed by atoms with Crippen LogP contribution in [-0.2, 0) is 4.79 Å². The van der Waals surface area contributed by atoms with Gasteiger partial charge in [0, 0.05) is 24.0 Å². The maximum absolute atomic E-state index is 12.8. The second-order valence-corrected chi connectivity index (χ2v) is 7.15. The van der Waals surface area contributed by atoms with E-state index in [1.165, 1.54) is 0 Å². The third-order valence-corrected chi connectivity index (χ3v) is 4.75. The van der Waals surface area contributed by atoms with Crippen LogP contribution in [0.25, 0.3) is 11.4 Å². The van der Waals surface area contributed by atoms with Gasteiger partial charge in [-0.1, -0.05) is 56.3 Å². The van der Waals surface area contributed by atoms with E-state index in [-0.39, 0.29) is 36.6 Å². The highest BCUT2D eigenvalue weighted by atomic mass is 35.5. The Morgan fingerprint density at radius 1 is 1.03 bits per heavy atom. The SMILES string of the molecule is CC(C)C(NC(=O)C(C)C(N)c1ccccc1)c1nc(-c2ccncc2)no1.Cl.Cl. The van der Waals surface area contributed by atoms with Gasteiger partial charge in [0.2, 0.25) is 17.6 Å². The van der Waals surface area contributed by atoms with Gasteiger partial charge in [-0.25, -0.2) is 0 Å². The molecule has 30 heavy (non-hydrogen) atoms. The normalized spacial score (nSPS) is 13.5. The monoisotopic (exact) mass is 451 g/mol. The number of rotatable bonds is 7. The van der Waals surface area contributed by atoms with Crippen molar-refractivity contribution in [2.24, 2.45) is 17.6 Å². The predicted octanol–water partition coefficient (Wildman–Crippen LogP) is 4.12. The highest BCUT2D eigenvalue weighted by molar-refractivity contribution is 5.85. The van der Waals surface area contributed by atoms with E-state index in [1.54, 1.807) is 24.5 Å². The number of aromatic nitrogens is 3. The minimum absolute atomic E-state index is 0. The van der Waals surface area contributed by atoms with Gasteiger partial charge in [0.1, 0.15) is 6.04 Å². The van der Waals surface area contributed by atoms with Gasteiger partial charge in [-0.2, -0.15) is 4.98 Å². The quantitative estimate of drug-likeness (QED) is 0.559. The Morgan fingerprint density at radius 3 is 2.27 bits per heavy atom. The van der Waals surface area contributed by atoms with Crippen molar-refractivity contribution in [3.63, 3.8) is 0 Å². The molecular formula is C21H27Cl2N5O2. The van der Waals surface area contributed by atoms with Crippen molar-refractivity contribution < 1.29 is 9.32 Å². The first-order valence-electron chi connectivity index (χ1n) is 9.32. The Balaban J connectivity index is 0.00000225. The number of carbonyl (C=O) groups is 1. The zero-order valence-corrected chi connectivity index (χ0v) is 18.7. The molecule has 0 fully saturated rings. The highest BCUT2D eigenvalue weighted by Gasteiger charge is 2.29. The van der Waals surface area contributed by atoms with Gasteiger partial charge in [-0.15, -0.1) is 24.8 Å². The molecule has 1 aromatic carbocycles. The third kappa shape index (κ3) is 6.01. The average Bonchev–Trinajstić information content (AvgIpc) is 3.21. The second kappa shape index (κ2) is 11.6. The molecule has 0 aliphatic heterocycles. The number of nitrogens with one attached hydrogen (secondary N) is 1. The zero-order chi connectivity index (χ0) is 20.1. The summed E-state index contributed by atoms with van der Waals surface area (Å²) in [6.45, 7) is 5.80. The van der Waals surface area contributed by atoms with Gasteiger partial charge >= 0.3 is 0 Å². The largest absolute Gasteiger partial charge is 0.344 e. The molecule has 2 heterocycles. The molecule has 162 valence electrons. The van der Waals surface area contributed by atoms with Crippen molar-refractivity contribution in [3.05, 3.63) is 66.3 Å². The van der Waals surface area contributed by atoms with Crippen LogP contribution in [0, 0.1) is 11.8 Å². The van der Waals surface area contributed by atoms with E-state index in [0.29, 0.717) is 11.7 Å². The van der Waals surface area contributed by atoms with Gasteiger partial charge in [-0.05, 0) is 23.6 Å². The van der Waals surface area contributed by atoms with Crippen molar-refractivity contribution in [2.45, 2.75) is 32.9 Å². The summed E-state index contributed by atoms with van der Waals surface area (Å²) in [6.07, 6.45) is 3.33. The summed E-state index contributed by atoms with van der Waals surface area (Å²) in [4.78, 5) is 21.3. The number of hydrogen-bond acceptors (Lipinski definition) is 6. The summed E-state index contributed by atoms with van der Waals surface area (Å²) in [6, 6.07) is 12.4. The molecule has 3 aromatic rings. The lowest BCUT2D eigenvalue weighted by molar-refractivity contribution is -0.126. The van der Waals surface area contributed by atoms with Crippen LogP contribution in [-0.4, -0.2) is 21.0 Å². The maximum atomic E-state index is 12.8. The Morgan fingerprint density at radius 2 is 1.67 bits per heavy atom. The van der Waals surface area contributed by atoms with Crippen LogP contribution in [0.15, 0.2) is 59.4 Å². The third-order valence-electron chi connectivity index (χ3n) is 4.75. The van der Waals surface area contributed by atoms with Crippen LogP contribution in [0.4, 0.5) is 0 Å². The van der Waals surface area contributed by atoms with E-state index in [2.05, 4.69) is 20.4 Å². The zero-order valence-electron chi connectivity index (χ0n) is 17.1. The van der Waals surface area contributed by atoms with E-state index in [4.69, 9.17) is 10.3 Å². The van der Waals surface area contributed by atoms with E-state index < -0.39 is 18.0 Å². The minimum atomic E-state index is -0.411. The fourth-order valence-corrected chi connectivity index (χ4v) is 2.91. The summed E-state index contributed by atoms with van der Waals surface area (Å²) in [5, 5.41) is 7.06. The standard InChI is InChI=1S/C21H25N5O2.2ClH/c1-13(2)18(21-25-19(26-28-21)16-9-11-23-12-10-16)24-20(27)14(3)17(22)15-7-5-4-6-8-15;;/h4-14,17-18H,22H2,1-3H3,(H,24,27);2*1H. The Bertz CT molecular complexity index is 906. The fourth-order valence-electron chi connectivity index (χ4n) is 2.91. The van der Waals surface area contributed by atoms with Gasteiger partial charge in [0.25, 0.3) is 0 Å². The van der Waals surface area contributed by atoms with Crippen molar-refractivity contribution >= 4 is 30.7 Å². The van der Waals surface area contributed by atoms with E-state index in [9.17, 15) is 4.79 Å². The second-order valence-electron chi connectivity index (χ2n) is 7.15. The van der Waals surface area contributed by atoms with Gasteiger partial charge in [0.05, 0.1) is 5.92 Å². The molecule has 3 rings (SSSR count). The lowest BCUT2D eigenvalue weighted by Gasteiger charge is -2.24. The topological polar surface area (TPSA) is 107 Å². The molecule has 0 bridgehead atoms. The molecule has 0 spiro atoms. The van der Waals surface area contributed by atoms with Crippen LogP contribution in [0.3, 0.4) is 0 Å². The lowest BCUT2D eigenvalue weighted by atomic mass is 9.93. The number of carbonyl (C=O) groups excluding carboxylic acids is 1. The van der Waals surface area contributed by atoms with Crippen molar-refractivity contribution in [2.75, 3.05) is 0 Å². The van der Waals surface area contributed by atoms with Crippen molar-refractivity contribution in [1.82, 2.24) is 20.4 Å². The summed E-state index contributed by atoms with van der Waals surface area (Å²) < 4.78 is 5.44. The Kier molecular flexibility index (Phi) is 9.92. The first-order valence-corrected chi connectivity index (χ1v) is 9.32. The number of amides is 1. The molecular weight excluding hydrogens is 425 g/mol. The molecule has 0 saturated carbocycles. The Labute approximate surface area is 188 Å². The smallest absolute Gasteiger partial charge is 0.249 e. The Hall–Kier alpha value is -2.48.